The maximum atomic E-state index is 11.8. The summed E-state index contributed by atoms with van der Waals surface area (Å²) < 4.78 is 35.7. The van der Waals surface area contributed by atoms with Gasteiger partial charge in [-0.05, 0) is 31.3 Å². The molecule has 21 heavy (non-hydrogen) atoms. The minimum absolute atomic E-state index is 0.104. The average Bonchev–Trinajstić information content (AvgIpc) is 2.48. The van der Waals surface area contributed by atoms with E-state index in [1.165, 1.54) is 25.2 Å². The highest BCUT2D eigenvalue weighted by molar-refractivity contribution is 7.89. The number of hydrogen-bond donors (Lipinski definition) is 1. The van der Waals surface area contributed by atoms with Crippen molar-refractivity contribution >= 4 is 16.2 Å². The largest absolute Gasteiger partial charge is 0.519 e. The third-order valence-corrected chi connectivity index (χ3v) is 4.00. The van der Waals surface area contributed by atoms with Crippen molar-refractivity contribution in [3.05, 3.63) is 54.6 Å². The lowest BCUT2D eigenvalue weighted by Gasteiger charge is -2.09. The molecule has 1 N–H and O–H groups in total. The van der Waals surface area contributed by atoms with Gasteiger partial charge in [-0.3, -0.25) is 0 Å². The number of rotatable bonds is 4. The summed E-state index contributed by atoms with van der Waals surface area (Å²) in [7, 11) is -2.46. The minimum Gasteiger partial charge on any atom is -0.395 e. The lowest BCUT2D eigenvalue weighted by molar-refractivity contribution is 0.150. The molecule has 2 rings (SSSR count). The van der Waals surface area contributed by atoms with Crippen molar-refractivity contribution in [2.75, 3.05) is 7.05 Å². The highest BCUT2D eigenvalue weighted by Crippen LogP contribution is 2.23. The van der Waals surface area contributed by atoms with Gasteiger partial charge in [0.15, 0.2) is 5.75 Å². The molecule has 0 unspecified atom stereocenters. The zero-order chi connectivity index (χ0) is 15.3. The Kier molecular flexibility index (Phi) is 4.56. The molecule has 0 aliphatic heterocycles. The van der Waals surface area contributed by atoms with E-state index in [1.807, 2.05) is 0 Å². The lowest BCUT2D eigenvalue weighted by Crippen LogP contribution is -2.21. The number of sulfonamides is 1. The van der Waals surface area contributed by atoms with Crippen molar-refractivity contribution in [3.63, 3.8) is 0 Å². The van der Waals surface area contributed by atoms with Gasteiger partial charge in [-0.2, -0.15) is 0 Å². The monoisotopic (exact) mass is 307 g/mol. The molecule has 0 aliphatic rings. The first-order valence-electron chi connectivity index (χ1n) is 6.00. The van der Waals surface area contributed by atoms with E-state index in [0.717, 1.165) is 0 Å². The van der Waals surface area contributed by atoms with Crippen LogP contribution in [0.5, 0.6) is 11.5 Å². The number of benzene rings is 2. The smallest absolute Gasteiger partial charge is 0.395 e. The second-order valence-electron chi connectivity index (χ2n) is 3.92. The van der Waals surface area contributed by atoms with Crippen molar-refractivity contribution in [1.29, 1.82) is 0 Å². The molecule has 0 saturated heterocycles. The van der Waals surface area contributed by atoms with Crippen LogP contribution in [0, 0.1) is 0 Å². The Bertz CT molecular complexity index is 728. The van der Waals surface area contributed by atoms with Crippen LogP contribution in [0.3, 0.4) is 0 Å². The van der Waals surface area contributed by atoms with E-state index >= 15 is 0 Å². The number of hydrogen-bond acceptors (Lipinski definition) is 5. The van der Waals surface area contributed by atoms with Crippen LogP contribution in [0.2, 0.25) is 0 Å². The summed E-state index contributed by atoms with van der Waals surface area (Å²) in [5.74, 6) is 0.198. The van der Waals surface area contributed by atoms with Gasteiger partial charge in [0.05, 0.1) is 0 Å². The number of nitrogens with one attached hydrogen (secondary N) is 1. The maximum Gasteiger partial charge on any atom is 0.519 e. The first kappa shape index (κ1) is 15.0. The number of carbonyl (C=O) groups is 1. The van der Waals surface area contributed by atoms with Gasteiger partial charge in [0.25, 0.3) is 0 Å². The van der Waals surface area contributed by atoms with Gasteiger partial charge in [0.1, 0.15) is 10.6 Å². The summed E-state index contributed by atoms with van der Waals surface area (Å²) in [5, 5.41) is 0. The Balaban J connectivity index is 2.19. The van der Waals surface area contributed by atoms with E-state index in [9.17, 15) is 13.2 Å². The molecule has 7 heteroatoms. The maximum absolute atomic E-state index is 11.8. The van der Waals surface area contributed by atoms with Gasteiger partial charge < -0.3 is 9.47 Å². The molecule has 0 saturated carbocycles. The second-order valence-corrected chi connectivity index (χ2v) is 5.78. The van der Waals surface area contributed by atoms with E-state index in [1.54, 1.807) is 36.4 Å². The van der Waals surface area contributed by atoms with Crippen molar-refractivity contribution in [1.82, 2.24) is 4.72 Å². The van der Waals surface area contributed by atoms with Crippen molar-refractivity contribution in [3.8, 4) is 11.5 Å². The van der Waals surface area contributed by atoms with Crippen LogP contribution in [0.4, 0.5) is 4.79 Å². The Morgan fingerprint density at radius 3 is 2.24 bits per heavy atom. The fourth-order valence-corrected chi connectivity index (χ4v) is 2.41. The summed E-state index contributed by atoms with van der Waals surface area (Å²) >= 11 is 0. The van der Waals surface area contributed by atoms with Gasteiger partial charge in [0, 0.05) is 0 Å². The highest BCUT2D eigenvalue weighted by Gasteiger charge is 2.20. The summed E-state index contributed by atoms with van der Waals surface area (Å²) in [4.78, 5) is 11.5. The molecular weight excluding hydrogens is 294 g/mol. The predicted molar refractivity (Wildman–Crippen MR) is 75.8 cm³/mol. The van der Waals surface area contributed by atoms with E-state index in [0.29, 0.717) is 5.75 Å². The van der Waals surface area contributed by atoms with Crippen molar-refractivity contribution < 1.29 is 22.7 Å². The molecule has 0 aliphatic carbocycles. The third-order valence-electron chi connectivity index (χ3n) is 2.55. The Morgan fingerprint density at radius 2 is 1.57 bits per heavy atom. The second kappa shape index (κ2) is 6.38. The molecule has 0 amide bonds. The molecule has 0 spiro atoms. The quantitative estimate of drug-likeness (QED) is 0.691. The molecule has 0 heterocycles. The molecule has 0 atom stereocenters. The summed E-state index contributed by atoms with van der Waals surface area (Å²) in [5.41, 5.74) is 0. The van der Waals surface area contributed by atoms with Crippen LogP contribution < -0.4 is 14.2 Å². The van der Waals surface area contributed by atoms with Crippen LogP contribution in [0.15, 0.2) is 59.5 Å². The molecule has 2 aromatic carbocycles. The standard InChI is InChI=1S/C14H13NO5S/c1-15-21(17,18)13-10-6-5-9-12(13)20-14(16)19-11-7-3-2-4-8-11/h2-10,15H,1H3. The fraction of sp³-hybridized carbons (Fsp3) is 0.0714. The highest BCUT2D eigenvalue weighted by atomic mass is 32.2. The number of para-hydroxylation sites is 2. The van der Waals surface area contributed by atoms with E-state index < -0.39 is 16.2 Å². The molecule has 110 valence electrons. The van der Waals surface area contributed by atoms with E-state index in [4.69, 9.17) is 9.47 Å². The summed E-state index contributed by atoms with van der Waals surface area (Å²) in [6.45, 7) is 0. The molecule has 2 aromatic rings. The zero-order valence-electron chi connectivity index (χ0n) is 11.1. The van der Waals surface area contributed by atoms with Gasteiger partial charge in [-0.25, -0.2) is 17.9 Å². The van der Waals surface area contributed by atoms with E-state index in [-0.39, 0.29) is 10.6 Å². The predicted octanol–water partition coefficient (Wildman–Crippen LogP) is 2.17. The first-order valence-corrected chi connectivity index (χ1v) is 7.48. The molecule has 0 aromatic heterocycles. The van der Waals surface area contributed by atoms with Crippen molar-refractivity contribution in [2.24, 2.45) is 0 Å². The van der Waals surface area contributed by atoms with Gasteiger partial charge in [-0.15, -0.1) is 0 Å². The van der Waals surface area contributed by atoms with E-state index in [2.05, 4.69) is 4.72 Å². The van der Waals surface area contributed by atoms with Gasteiger partial charge in [0.2, 0.25) is 10.0 Å². The number of carbonyl (C=O) groups excluding carboxylic acids is 1. The summed E-state index contributed by atoms with van der Waals surface area (Å²) in [6.07, 6.45) is -1.01. The average molecular weight is 307 g/mol. The molecule has 0 bridgehead atoms. The Morgan fingerprint density at radius 1 is 0.952 bits per heavy atom. The lowest BCUT2D eigenvalue weighted by atomic mass is 10.3. The van der Waals surface area contributed by atoms with Crippen LogP contribution in [0.25, 0.3) is 0 Å². The van der Waals surface area contributed by atoms with Crippen molar-refractivity contribution in [2.45, 2.75) is 4.90 Å². The Labute approximate surface area is 122 Å². The number of ether oxygens (including phenoxy) is 2. The Hall–Kier alpha value is -2.38. The molecular formula is C14H13NO5S. The van der Waals surface area contributed by atoms with Gasteiger partial charge in [-0.1, -0.05) is 30.3 Å². The van der Waals surface area contributed by atoms with Crippen LogP contribution in [0.1, 0.15) is 0 Å². The van der Waals surface area contributed by atoms with Gasteiger partial charge >= 0.3 is 6.16 Å². The molecule has 6 nitrogen and oxygen atoms in total. The topological polar surface area (TPSA) is 81.7 Å². The molecule has 0 radical (unpaired) electrons. The fourth-order valence-electron chi connectivity index (χ4n) is 1.56. The normalized spacial score (nSPS) is 10.9. The van der Waals surface area contributed by atoms with Crippen LogP contribution in [-0.2, 0) is 10.0 Å². The first-order chi connectivity index (χ1) is 10.0. The molecule has 0 fully saturated rings. The van der Waals surface area contributed by atoms with Crippen LogP contribution in [-0.4, -0.2) is 21.6 Å². The van der Waals surface area contributed by atoms with Crippen LogP contribution >= 0.6 is 0 Å². The SMILES string of the molecule is CNS(=O)(=O)c1ccccc1OC(=O)Oc1ccccc1. The minimum atomic E-state index is -3.73. The third kappa shape index (κ3) is 3.80. The zero-order valence-corrected chi connectivity index (χ0v) is 12.0. The summed E-state index contributed by atoms with van der Waals surface area (Å²) in [6, 6.07) is 14.1.